The summed E-state index contributed by atoms with van der Waals surface area (Å²) in [5, 5.41) is 17.6. The minimum absolute atomic E-state index is 0.251. The lowest BCUT2D eigenvalue weighted by molar-refractivity contribution is -0.142. The van der Waals surface area contributed by atoms with E-state index in [1.165, 1.54) is 77.0 Å². The Labute approximate surface area is 160 Å². The van der Waals surface area contributed by atoms with Gasteiger partial charge in [0.05, 0.1) is 5.75 Å². The molecule has 5 nitrogen and oxygen atoms in total. The van der Waals surface area contributed by atoms with Crippen LogP contribution in [0.2, 0.25) is 0 Å². The van der Waals surface area contributed by atoms with E-state index in [2.05, 4.69) is 6.92 Å². The molecule has 26 heavy (non-hydrogen) atoms. The third kappa shape index (κ3) is 14.5. The van der Waals surface area contributed by atoms with Gasteiger partial charge in [-0.2, -0.15) is 0 Å². The Morgan fingerprint density at radius 3 is 1.31 bits per heavy atom. The highest BCUT2D eigenvalue weighted by molar-refractivity contribution is 7.92. The number of sulfone groups is 1. The van der Waals surface area contributed by atoms with Crippen molar-refractivity contribution in [1.82, 2.24) is 0 Å². The summed E-state index contributed by atoms with van der Waals surface area (Å²) in [5.74, 6) is -1.94. The van der Waals surface area contributed by atoms with Crippen molar-refractivity contribution in [2.24, 2.45) is 0 Å². The second-order valence-corrected chi connectivity index (χ2v) is 9.54. The Kier molecular flexibility index (Phi) is 16.2. The second-order valence-electron chi connectivity index (χ2n) is 7.36. The molecular formula is C20H40O5S. The normalized spacial score (nSPS) is 13.0. The number of hydrogen-bond donors (Lipinski definition) is 2. The Hall–Kier alpha value is -0.620. The van der Waals surface area contributed by atoms with E-state index >= 15 is 0 Å². The number of carboxylic acid groups (broad SMARTS) is 1. The first-order chi connectivity index (χ1) is 12.4. The van der Waals surface area contributed by atoms with E-state index in [-0.39, 0.29) is 5.75 Å². The van der Waals surface area contributed by atoms with Crippen molar-refractivity contribution >= 4 is 15.8 Å². The first kappa shape index (κ1) is 25.4. The van der Waals surface area contributed by atoms with Gasteiger partial charge in [-0.15, -0.1) is 0 Å². The number of rotatable bonds is 19. The van der Waals surface area contributed by atoms with Crippen LogP contribution in [0.4, 0.5) is 0 Å². The Morgan fingerprint density at radius 2 is 1.00 bits per heavy atom. The minimum atomic E-state index is -3.92. The Bertz CT molecular complexity index is 433. The Balaban J connectivity index is 3.31. The molecule has 0 aliphatic rings. The molecule has 0 bridgehead atoms. The number of aliphatic carboxylic acids is 1. The van der Waals surface area contributed by atoms with Gasteiger partial charge < -0.3 is 10.2 Å². The monoisotopic (exact) mass is 392 g/mol. The minimum Gasteiger partial charge on any atom is -0.479 e. The van der Waals surface area contributed by atoms with Gasteiger partial charge in [0.25, 0.3) is 5.44 Å². The van der Waals surface area contributed by atoms with E-state index in [0.717, 1.165) is 19.3 Å². The predicted octanol–water partition coefficient (Wildman–Crippen LogP) is 5.07. The van der Waals surface area contributed by atoms with Crippen LogP contribution in [0.15, 0.2) is 0 Å². The molecule has 1 unspecified atom stereocenters. The van der Waals surface area contributed by atoms with E-state index < -0.39 is 21.2 Å². The molecule has 2 N–H and O–H groups in total. The molecule has 0 amide bonds. The number of hydrogen-bond acceptors (Lipinski definition) is 4. The quantitative estimate of drug-likeness (QED) is 0.300. The maximum absolute atomic E-state index is 11.5. The fourth-order valence-corrected chi connectivity index (χ4v) is 4.25. The van der Waals surface area contributed by atoms with Crippen LogP contribution < -0.4 is 0 Å². The van der Waals surface area contributed by atoms with Gasteiger partial charge in [-0.25, -0.2) is 13.2 Å². The lowest BCUT2D eigenvalue weighted by atomic mass is 10.0. The summed E-state index contributed by atoms with van der Waals surface area (Å²) >= 11 is 0. The molecule has 0 heterocycles. The SMILES string of the molecule is CCCCCCCCCCCCCCCCCCS(=O)(=O)C(O)C(=O)O. The van der Waals surface area contributed by atoms with Crippen LogP contribution in [-0.4, -0.2) is 35.8 Å². The summed E-state index contributed by atoms with van der Waals surface area (Å²) in [7, 11) is -3.92. The van der Waals surface area contributed by atoms with Gasteiger partial charge in [-0.05, 0) is 6.42 Å². The van der Waals surface area contributed by atoms with Gasteiger partial charge in [0.2, 0.25) is 0 Å². The van der Waals surface area contributed by atoms with Crippen LogP contribution in [0, 0.1) is 0 Å². The van der Waals surface area contributed by atoms with Gasteiger partial charge in [-0.3, -0.25) is 0 Å². The zero-order valence-electron chi connectivity index (χ0n) is 16.6. The molecule has 0 aliphatic carbocycles. The number of aliphatic hydroxyl groups excluding tert-OH is 1. The van der Waals surface area contributed by atoms with E-state index in [1.807, 2.05) is 0 Å². The van der Waals surface area contributed by atoms with E-state index in [1.54, 1.807) is 0 Å². The van der Waals surface area contributed by atoms with Crippen molar-refractivity contribution in [3.05, 3.63) is 0 Å². The molecule has 0 saturated carbocycles. The van der Waals surface area contributed by atoms with E-state index in [9.17, 15) is 13.2 Å². The fourth-order valence-electron chi connectivity index (χ4n) is 3.12. The zero-order chi connectivity index (χ0) is 19.7. The van der Waals surface area contributed by atoms with Crippen molar-refractivity contribution in [3.8, 4) is 0 Å². The van der Waals surface area contributed by atoms with Gasteiger partial charge in [0.1, 0.15) is 0 Å². The fraction of sp³-hybridized carbons (Fsp3) is 0.950. The molecule has 0 aliphatic heterocycles. The van der Waals surface area contributed by atoms with Crippen LogP contribution in [0.5, 0.6) is 0 Å². The van der Waals surface area contributed by atoms with Crippen molar-refractivity contribution in [3.63, 3.8) is 0 Å². The van der Waals surface area contributed by atoms with Crippen LogP contribution in [0.3, 0.4) is 0 Å². The van der Waals surface area contributed by atoms with Crippen LogP contribution in [-0.2, 0) is 14.6 Å². The first-order valence-corrected chi connectivity index (χ1v) is 12.3. The van der Waals surface area contributed by atoms with Crippen LogP contribution >= 0.6 is 0 Å². The maximum atomic E-state index is 11.5. The summed E-state index contributed by atoms with van der Waals surface area (Å²) in [6.45, 7) is 2.25. The molecule has 0 spiro atoms. The number of carbonyl (C=O) groups is 1. The molecule has 0 saturated heterocycles. The van der Waals surface area contributed by atoms with Crippen LogP contribution in [0.25, 0.3) is 0 Å². The summed E-state index contributed by atoms with van der Waals surface area (Å²) in [4.78, 5) is 10.5. The number of carboxylic acids is 1. The molecular weight excluding hydrogens is 352 g/mol. The molecule has 0 aromatic heterocycles. The first-order valence-electron chi connectivity index (χ1n) is 10.5. The summed E-state index contributed by atoms with van der Waals surface area (Å²) < 4.78 is 23.0. The van der Waals surface area contributed by atoms with E-state index in [4.69, 9.17) is 10.2 Å². The standard InChI is InChI=1S/C20H40O5S/c1-2-3-4-5-6-7-8-9-10-11-12-13-14-15-16-17-18-26(24,25)20(23)19(21)22/h20,23H,2-18H2,1H3,(H,21,22). The van der Waals surface area contributed by atoms with Gasteiger partial charge in [0, 0.05) is 0 Å². The summed E-state index contributed by atoms with van der Waals surface area (Å²) in [6, 6.07) is 0. The molecule has 0 aromatic rings. The highest BCUT2D eigenvalue weighted by Crippen LogP contribution is 2.14. The molecule has 1 atom stereocenters. The average molecular weight is 393 g/mol. The van der Waals surface area contributed by atoms with Crippen molar-refractivity contribution in [2.75, 3.05) is 5.75 Å². The molecule has 0 rings (SSSR count). The molecule has 0 fully saturated rings. The molecule has 6 heteroatoms. The maximum Gasteiger partial charge on any atom is 0.348 e. The van der Waals surface area contributed by atoms with Crippen molar-refractivity contribution in [1.29, 1.82) is 0 Å². The van der Waals surface area contributed by atoms with Crippen molar-refractivity contribution in [2.45, 2.75) is 115 Å². The third-order valence-corrected chi connectivity index (χ3v) is 6.57. The zero-order valence-corrected chi connectivity index (χ0v) is 17.4. The molecule has 0 aromatic carbocycles. The largest absolute Gasteiger partial charge is 0.479 e. The van der Waals surface area contributed by atoms with E-state index in [0.29, 0.717) is 6.42 Å². The summed E-state index contributed by atoms with van der Waals surface area (Å²) in [6.07, 6.45) is 19.2. The molecule has 156 valence electrons. The predicted molar refractivity (Wildman–Crippen MR) is 107 cm³/mol. The lowest BCUT2D eigenvalue weighted by Gasteiger charge is -2.07. The third-order valence-electron chi connectivity index (χ3n) is 4.83. The van der Waals surface area contributed by atoms with Gasteiger partial charge >= 0.3 is 5.97 Å². The topological polar surface area (TPSA) is 91.7 Å². The molecule has 0 radical (unpaired) electrons. The van der Waals surface area contributed by atoms with Gasteiger partial charge in [-0.1, -0.05) is 103 Å². The lowest BCUT2D eigenvalue weighted by Crippen LogP contribution is -2.31. The summed E-state index contributed by atoms with van der Waals surface area (Å²) in [5.41, 5.74) is -2.28. The average Bonchev–Trinajstić information content (AvgIpc) is 2.60. The second kappa shape index (κ2) is 16.5. The highest BCUT2D eigenvalue weighted by atomic mass is 32.2. The highest BCUT2D eigenvalue weighted by Gasteiger charge is 2.29. The number of aliphatic hydroxyl groups is 1. The smallest absolute Gasteiger partial charge is 0.348 e. The Morgan fingerprint density at radius 1 is 0.692 bits per heavy atom. The van der Waals surface area contributed by atoms with Gasteiger partial charge in [0.15, 0.2) is 9.84 Å². The van der Waals surface area contributed by atoms with Crippen LogP contribution in [0.1, 0.15) is 110 Å². The van der Waals surface area contributed by atoms with Crippen molar-refractivity contribution < 1.29 is 23.4 Å². The number of unbranched alkanes of at least 4 members (excludes halogenated alkanes) is 15.